The highest BCUT2D eigenvalue weighted by Gasteiger charge is 2.07. The summed E-state index contributed by atoms with van der Waals surface area (Å²) in [5.41, 5.74) is 1.23. The smallest absolute Gasteiger partial charge is 0.150 e. The summed E-state index contributed by atoms with van der Waals surface area (Å²) in [5, 5.41) is 3.82. The molecule has 0 atom stereocenters. The summed E-state index contributed by atoms with van der Waals surface area (Å²) in [6, 6.07) is 4.00. The molecule has 0 fully saturated rings. The number of hydrogen-bond donors (Lipinski definition) is 2. The van der Waals surface area contributed by atoms with Gasteiger partial charge in [0.05, 0.1) is 5.52 Å². The van der Waals surface area contributed by atoms with Crippen molar-refractivity contribution in [1.29, 1.82) is 0 Å². The minimum absolute atomic E-state index is 0.368. The van der Waals surface area contributed by atoms with Gasteiger partial charge in [0.1, 0.15) is 11.6 Å². The van der Waals surface area contributed by atoms with Gasteiger partial charge in [-0.3, -0.25) is 0 Å². The Morgan fingerprint density at radius 3 is 2.71 bits per heavy atom. The highest BCUT2D eigenvalue weighted by atomic mass is 19.1. The van der Waals surface area contributed by atoms with Gasteiger partial charge in [0.2, 0.25) is 0 Å². The Bertz CT molecular complexity index is 517. The van der Waals surface area contributed by atoms with Gasteiger partial charge in [-0.25, -0.2) is 8.78 Å². The summed E-state index contributed by atoms with van der Waals surface area (Å²) in [5.74, 6) is -0.528. The van der Waals surface area contributed by atoms with Crippen molar-refractivity contribution in [1.82, 2.24) is 10.3 Å². The van der Waals surface area contributed by atoms with Crippen LogP contribution in [0.5, 0.6) is 0 Å². The van der Waals surface area contributed by atoms with E-state index in [1.165, 1.54) is 6.07 Å². The van der Waals surface area contributed by atoms with Gasteiger partial charge in [-0.1, -0.05) is 13.8 Å². The summed E-state index contributed by atoms with van der Waals surface area (Å²) >= 11 is 0. The lowest BCUT2D eigenvalue weighted by molar-refractivity contribution is 0.549. The van der Waals surface area contributed by atoms with Gasteiger partial charge in [-0.05, 0) is 24.6 Å². The van der Waals surface area contributed by atoms with E-state index in [0.717, 1.165) is 18.3 Å². The van der Waals surface area contributed by atoms with Gasteiger partial charge in [-0.15, -0.1) is 0 Å². The summed E-state index contributed by atoms with van der Waals surface area (Å²) < 4.78 is 26.4. The number of rotatable bonds is 4. The minimum Gasteiger partial charge on any atom is -0.355 e. The van der Waals surface area contributed by atoms with Crippen LogP contribution in [0.1, 0.15) is 19.5 Å². The van der Waals surface area contributed by atoms with E-state index in [1.54, 1.807) is 6.07 Å². The van der Waals surface area contributed by atoms with Gasteiger partial charge in [0.25, 0.3) is 0 Å². The van der Waals surface area contributed by atoms with Gasteiger partial charge in [0.15, 0.2) is 0 Å². The summed E-state index contributed by atoms with van der Waals surface area (Å²) in [7, 11) is 0. The Morgan fingerprint density at radius 2 is 2.00 bits per heavy atom. The number of fused-ring (bicyclic) bond motifs is 1. The van der Waals surface area contributed by atoms with Crippen LogP contribution in [0.2, 0.25) is 0 Å². The summed E-state index contributed by atoms with van der Waals surface area (Å²) in [6.45, 7) is 5.76. The first-order valence-corrected chi connectivity index (χ1v) is 5.73. The molecule has 1 heterocycles. The number of hydrogen-bond acceptors (Lipinski definition) is 1. The van der Waals surface area contributed by atoms with E-state index in [0.29, 0.717) is 23.4 Å². The lowest BCUT2D eigenvalue weighted by atomic mass is 10.2. The van der Waals surface area contributed by atoms with Crippen molar-refractivity contribution >= 4 is 10.9 Å². The van der Waals surface area contributed by atoms with Crippen LogP contribution in [-0.2, 0) is 6.54 Å². The molecule has 2 nitrogen and oxygen atoms in total. The van der Waals surface area contributed by atoms with E-state index in [-0.39, 0.29) is 0 Å². The van der Waals surface area contributed by atoms with Gasteiger partial charge in [-0.2, -0.15) is 0 Å². The van der Waals surface area contributed by atoms with Gasteiger partial charge < -0.3 is 10.3 Å². The highest BCUT2D eigenvalue weighted by Crippen LogP contribution is 2.20. The summed E-state index contributed by atoms with van der Waals surface area (Å²) in [4.78, 5) is 2.96. The van der Waals surface area contributed by atoms with Crippen molar-refractivity contribution in [3.63, 3.8) is 0 Å². The molecule has 0 amide bonds. The number of aromatic nitrogens is 1. The molecule has 2 aromatic rings. The molecule has 0 aliphatic rings. The maximum absolute atomic E-state index is 13.4. The molecule has 1 aromatic heterocycles. The molecule has 17 heavy (non-hydrogen) atoms. The molecule has 0 aliphatic heterocycles. The first kappa shape index (κ1) is 12.0. The molecule has 92 valence electrons. The zero-order chi connectivity index (χ0) is 12.4. The average molecular weight is 238 g/mol. The zero-order valence-corrected chi connectivity index (χ0v) is 9.98. The Hall–Kier alpha value is -1.42. The predicted molar refractivity (Wildman–Crippen MR) is 64.8 cm³/mol. The highest BCUT2D eigenvalue weighted by molar-refractivity contribution is 5.81. The average Bonchev–Trinajstić information content (AvgIpc) is 2.60. The summed E-state index contributed by atoms with van der Waals surface area (Å²) in [6.07, 6.45) is 0. The van der Waals surface area contributed by atoms with E-state index in [1.807, 2.05) is 0 Å². The Morgan fingerprint density at radius 1 is 1.24 bits per heavy atom. The number of H-pyrrole nitrogens is 1. The lowest BCUT2D eigenvalue weighted by Crippen LogP contribution is -2.19. The van der Waals surface area contributed by atoms with Crippen LogP contribution in [0.25, 0.3) is 10.9 Å². The van der Waals surface area contributed by atoms with E-state index >= 15 is 0 Å². The Balaban J connectivity index is 2.17. The molecular formula is C13H16F2N2. The maximum atomic E-state index is 13.4. The van der Waals surface area contributed by atoms with Crippen LogP contribution in [0, 0.1) is 17.6 Å². The quantitative estimate of drug-likeness (QED) is 0.841. The molecule has 1 aromatic carbocycles. The van der Waals surface area contributed by atoms with Crippen molar-refractivity contribution in [3.8, 4) is 0 Å². The largest absolute Gasteiger partial charge is 0.355 e. The van der Waals surface area contributed by atoms with Crippen LogP contribution >= 0.6 is 0 Å². The first-order chi connectivity index (χ1) is 8.06. The molecule has 0 radical (unpaired) electrons. The number of benzene rings is 1. The minimum atomic E-state index is -0.546. The van der Waals surface area contributed by atoms with E-state index in [9.17, 15) is 8.78 Å². The predicted octanol–water partition coefficient (Wildman–Crippen LogP) is 3.19. The van der Waals surface area contributed by atoms with Crippen LogP contribution in [0.4, 0.5) is 8.78 Å². The normalized spacial score (nSPS) is 11.6. The van der Waals surface area contributed by atoms with Crippen LogP contribution < -0.4 is 5.32 Å². The number of nitrogens with one attached hydrogen (secondary N) is 2. The zero-order valence-electron chi connectivity index (χ0n) is 9.98. The molecule has 0 unspecified atom stereocenters. The van der Waals surface area contributed by atoms with Gasteiger partial charge >= 0.3 is 0 Å². The lowest BCUT2D eigenvalue weighted by Gasteiger charge is -2.05. The maximum Gasteiger partial charge on any atom is 0.150 e. The van der Waals surface area contributed by atoms with E-state index < -0.39 is 11.6 Å². The standard InChI is InChI=1S/C13H16F2N2/c1-8(2)6-16-7-11-4-9-3-10(14)5-12(15)13(9)17-11/h3-5,8,16-17H,6-7H2,1-2H3. The monoisotopic (exact) mass is 238 g/mol. The molecule has 2 rings (SSSR count). The number of halogens is 2. The third kappa shape index (κ3) is 2.82. The van der Waals surface area contributed by atoms with Crippen LogP contribution in [0.15, 0.2) is 18.2 Å². The third-order valence-corrected chi connectivity index (χ3v) is 2.57. The van der Waals surface area contributed by atoms with Crippen molar-refractivity contribution in [2.75, 3.05) is 6.54 Å². The second kappa shape index (κ2) is 4.84. The first-order valence-electron chi connectivity index (χ1n) is 5.73. The molecule has 0 saturated heterocycles. The van der Waals surface area contributed by atoms with Crippen molar-refractivity contribution in [2.45, 2.75) is 20.4 Å². The number of aromatic amines is 1. The van der Waals surface area contributed by atoms with Crippen LogP contribution in [-0.4, -0.2) is 11.5 Å². The molecule has 0 spiro atoms. The molecule has 2 N–H and O–H groups in total. The SMILES string of the molecule is CC(C)CNCc1cc2cc(F)cc(F)c2[nH]1. The molecular weight excluding hydrogens is 222 g/mol. The van der Waals surface area contributed by atoms with Crippen LogP contribution in [0.3, 0.4) is 0 Å². The fourth-order valence-corrected chi connectivity index (χ4v) is 1.81. The fraction of sp³-hybridized carbons (Fsp3) is 0.385. The Labute approximate surface area is 99.0 Å². The Kier molecular flexibility index (Phi) is 3.43. The topological polar surface area (TPSA) is 27.8 Å². The molecule has 0 aliphatic carbocycles. The fourth-order valence-electron chi connectivity index (χ4n) is 1.81. The third-order valence-electron chi connectivity index (χ3n) is 2.57. The van der Waals surface area contributed by atoms with E-state index in [2.05, 4.69) is 24.1 Å². The van der Waals surface area contributed by atoms with Crippen molar-refractivity contribution in [3.05, 3.63) is 35.5 Å². The molecule has 4 heteroatoms. The van der Waals surface area contributed by atoms with E-state index in [4.69, 9.17) is 0 Å². The van der Waals surface area contributed by atoms with Crippen molar-refractivity contribution in [2.24, 2.45) is 5.92 Å². The van der Waals surface area contributed by atoms with Gasteiger partial charge in [0, 0.05) is 23.7 Å². The second-order valence-corrected chi connectivity index (χ2v) is 4.67. The van der Waals surface area contributed by atoms with Crippen molar-refractivity contribution < 1.29 is 8.78 Å². The second-order valence-electron chi connectivity index (χ2n) is 4.67. The molecule has 0 saturated carbocycles. The molecule has 0 bridgehead atoms.